The molecule has 13 heteroatoms. The van der Waals surface area contributed by atoms with Crippen molar-refractivity contribution in [1.82, 2.24) is 29.7 Å². The van der Waals surface area contributed by atoms with Gasteiger partial charge < -0.3 is 35.6 Å². The Labute approximate surface area is 230 Å². The van der Waals surface area contributed by atoms with Crippen LogP contribution >= 0.6 is 0 Å². The number of hydrogen-bond donors (Lipinski definition) is 4. The normalized spacial score (nSPS) is 23.0. The molecule has 0 unspecified atom stereocenters. The van der Waals surface area contributed by atoms with Crippen molar-refractivity contribution in [3.05, 3.63) is 42.5 Å². The minimum Gasteiger partial charge on any atom is -0.410 e. The summed E-state index contributed by atoms with van der Waals surface area (Å²) in [5.74, 6) is 6.62. The predicted octanol–water partition coefficient (Wildman–Crippen LogP) is 0.816. The molecular formula is C27H31N7O6. The summed E-state index contributed by atoms with van der Waals surface area (Å²) in [5, 5.41) is 23.5. The number of likely N-dealkylation sites (tertiary alicyclic amines) is 1. The van der Waals surface area contributed by atoms with Gasteiger partial charge in [0.25, 0.3) is 5.91 Å². The van der Waals surface area contributed by atoms with E-state index in [0.29, 0.717) is 37.7 Å². The lowest BCUT2D eigenvalue weighted by atomic mass is 9.94. The van der Waals surface area contributed by atoms with E-state index in [1.54, 1.807) is 24.0 Å². The fraction of sp³-hybridized carbons (Fsp3) is 0.444. The molecule has 210 valence electrons. The number of aliphatic hydroxyl groups excluding tert-OH is 2. The predicted molar refractivity (Wildman–Crippen MR) is 143 cm³/mol. The van der Waals surface area contributed by atoms with Crippen molar-refractivity contribution in [3.8, 4) is 17.6 Å². The number of rotatable bonds is 5. The monoisotopic (exact) mass is 549 g/mol. The third-order valence-electron chi connectivity index (χ3n) is 6.98. The summed E-state index contributed by atoms with van der Waals surface area (Å²) >= 11 is 0. The number of aromatic nitrogens is 4. The number of para-hydroxylation sites is 1. The van der Waals surface area contributed by atoms with E-state index >= 15 is 0 Å². The van der Waals surface area contributed by atoms with Gasteiger partial charge in [-0.2, -0.15) is 0 Å². The van der Waals surface area contributed by atoms with Crippen LogP contribution in [0.25, 0.3) is 11.2 Å². The van der Waals surface area contributed by atoms with Crippen LogP contribution in [-0.4, -0.2) is 84.6 Å². The van der Waals surface area contributed by atoms with Crippen LogP contribution in [0, 0.1) is 17.8 Å². The number of likely N-dealkylation sites (N-methyl/N-ethyl adjacent to an activating group) is 1. The molecule has 0 bridgehead atoms. The standard InChI is InChI=1S/C27H31N7O6/c1-2-29-25(37)22-20(35)21(36)26(40-22)34-15-30-19-23(28)31-18(32-24(19)34)10-6-7-16-11-13-33(14-12-16)27(38)39-17-8-4-3-5-9-17/h3-5,8-9,15-16,20-22,26,35-36H,2,7,11-14H2,1H3,(H,29,37)(H2,28,31,32)/t20-,21+,22-,26+/m0/s1. The molecule has 5 N–H and O–H groups in total. The van der Waals surface area contributed by atoms with E-state index in [9.17, 15) is 19.8 Å². The first kappa shape index (κ1) is 27.3. The van der Waals surface area contributed by atoms with Crippen LogP contribution in [0.5, 0.6) is 5.75 Å². The van der Waals surface area contributed by atoms with Crippen molar-refractivity contribution < 1.29 is 29.3 Å². The van der Waals surface area contributed by atoms with Gasteiger partial charge in [-0.05, 0) is 43.7 Å². The number of imidazole rings is 1. The maximum atomic E-state index is 12.4. The molecule has 2 saturated heterocycles. The van der Waals surface area contributed by atoms with E-state index in [0.717, 1.165) is 12.8 Å². The van der Waals surface area contributed by atoms with E-state index in [1.165, 1.54) is 10.9 Å². The maximum absolute atomic E-state index is 12.4. The number of hydrogen-bond acceptors (Lipinski definition) is 10. The topological polar surface area (TPSA) is 178 Å². The summed E-state index contributed by atoms with van der Waals surface area (Å²) in [4.78, 5) is 39.3. The lowest BCUT2D eigenvalue weighted by molar-refractivity contribution is -0.137. The van der Waals surface area contributed by atoms with Crippen LogP contribution in [0.1, 0.15) is 38.2 Å². The molecule has 2 amide bonds. The zero-order valence-electron chi connectivity index (χ0n) is 21.9. The number of piperidine rings is 1. The number of nitrogen functional groups attached to an aromatic ring is 1. The molecule has 5 rings (SSSR count). The highest BCUT2D eigenvalue weighted by Gasteiger charge is 2.47. The molecule has 4 atom stereocenters. The molecule has 2 aliphatic heterocycles. The second kappa shape index (κ2) is 11.9. The van der Waals surface area contributed by atoms with Crippen LogP contribution in [0.4, 0.5) is 10.6 Å². The minimum atomic E-state index is -1.43. The summed E-state index contributed by atoms with van der Waals surface area (Å²) in [6.45, 7) is 3.26. The van der Waals surface area contributed by atoms with E-state index in [-0.39, 0.29) is 28.9 Å². The molecule has 3 aromatic rings. The van der Waals surface area contributed by atoms with Gasteiger partial charge in [-0.3, -0.25) is 9.36 Å². The molecule has 13 nitrogen and oxygen atoms in total. The first-order valence-electron chi connectivity index (χ1n) is 13.2. The van der Waals surface area contributed by atoms with E-state index in [2.05, 4.69) is 32.1 Å². The van der Waals surface area contributed by atoms with Gasteiger partial charge in [-0.1, -0.05) is 24.1 Å². The lowest BCUT2D eigenvalue weighted by Crippen LogP contribution is -2.42. The number of amides is 2. The number of anilines is 1. The Morgan fingerprint density at radius 2 is 1.93 bits per heavy atom. The number of aliphatic hydroxyl groups is 2. The molecule has 2 aromatic heterocycles. The molecule has 2 aliphatic rings. The Morgan fingerprint density at radius 1 is 1.18 bits per heavy atom. The van der Waals surface area contributed by atoms with Gasteiger partial charge in [-0.25, -0.2) is 19.7 Å². The molecule has 0 aliphatic carbocycles. The third-order valence-corrected chi connectivity index (χ3v) is 6.98. The smallest absolute Gasteiger partial charge is 0.410 e. The molecule has 0 saturated carbocycles. The fourth-order valence-corrected chi connectivity index (χ4v) is 4.81. The maximum Gasteiger partial charge on any atom is 0.415 e. The van der Waals surface area contributed by atoms with Gasteiger partial charge in [0.05, 0.1) is 6.33 Å². The second-order valence-corrected chi connectivity index (χ2v) is 9.70. The molecule has 0 spiro atoms. The van der Waals surface area contributed by atoms with E-state index in [1.807, 2.05) is 18.2 Å². The first-order valence-corrected chi connectivity index (χ1v) is 13.2. The second-order valence-electron chi connectivity index (χ2n) is 9.70. The Balaban J connectivity index is 1.22. The average Bonchev–Trinajstić information content (AvgIpc) is 3.50. The lowest BCUT2D eigenvalue weighted by Gasteiger charge is -2.30. The molecule has 4 heterocycles. The number of nitrogens with two attached hydrogens (primary N) is 1. The van der Waals surface area contributed by atoms with Gasteiger partial charge in [0.15, 0.2) is 23.8 Å². The summed E-state index contributed by atoms with van der Waals surface area (Å²) in [6, 6.07) is 8.98. The van der Waals surface area contributed by atoms with Crippen LogP contribution in [0.2, 0.25) is 0 Å². The summed E-state index contributed by atoms with van der Waals surface area (Å²) in [6.07, 6.45) is -2.00. The van der Waals surface area contributed by atoms with Crippen molar-refractivity contribution in [2.45, 2.75) is 50.7 Å². The van der Waals surface area contributed by atoms with Gasteiger partial charge in [0, 0.05) is 26.1 Å². The summed E-state index contributed by atoms with van der Waals surface area (Å²) < 4.78 is 12.5. The number of fused-ring (bicyclic) bond motifs is 1. The third kappa shape index (κ3) is 5.69. The van der Waals surface area contributed by atoms with Gasteiger partial charge in [0.1, 0.15) is 23.5 Å². The van der Waals surface area contributed by atoms with Crippen LogP contribution in [0.15, 0.2) is 36.7 Å². The summed E-state index contributed by atoms with van der Waals surface area (Å²) in [5.41, 5.74) is 6.64. The summed E-state index contributed by atoms with van der Waals surface area (Å²) in [7, 11) is 0. The highest BCUT2D eigenvalue weighted by molar-refractivity contribution is 5.83. The number of benzene rings is 1. The van der Waals surface area contributed by atoms with Crippen molar-refractivity contribution in [1.29, 1.82) is 0 Å². The highest BCUT2D eigenvalue weighted by Crippen LogP contribution is 2.32. The Bertz CT molecular complexity index is 1430. The molecule has 1 aromatic carbocycles. The Hall–Kier alpha value is -4.25. The number of nitrogens with zero attached hydrogens (tertiary/aromatic N) is 5. The minimum absolute atomic E-state index is 0.103. The van der Waals surface area contributed by atoms with Gasteiger partial charge >= 0.3 is 6.09 Å². The van der Waals surface area contributed by atoms with Crippen LogP contribution < -0.4 is 15.8 Å². The molecule has 0 radical (unpaired) electrons. The molecule has 40 heavy (non-hydrogen) atoms. The quantitative estimate of drug-likeness (QED) is 0.333. The largest absolute Gasteiger partial charge is 0.415 e. The molecule has 2 fully saturated rings. The average molecular weight is 550 g/mol. The van der Waals surface area contributed by atoms with E-state index in [4.69, 9.17) is 15.2 Å². The number of nitrogens with one attached hydrogen (secondary N) is 1. The first-order chi connectivity index (χ1) is 19.4. The van der Waals surface area contributed by atoms with Crippen LogP contribution in [0.3, 0.4) is 0 Å². The molecular weight excluding hydrogens is 518 g/mol. The number of carbonyl (C=O) groups excluding carboxylic acids is 2. The fourth-order valence-electron chi connectivity index (χ4n) is 4.81. The van der Waals surface area contributed by atoms with Crippen molar-refractivity contribution in [3.63, 3.8) is 0 Å². The van der Waals surface area contributed by atoms with Gasteiger partial charge in [0.2, 0.25) is 5.82 Å². The van der Waals surface area contributed by atoms with Crippen molar-refractivity contribution in [2.75, 3.05) is 25.4 Å². The zero-order valence-corrected chi connectivity index (χ0v) is 21.9. The van der Waals surface area contributed by atoms with Crippen LogP contribution in [-0.2, 0) is 9.53 Å². The Morgan fingerprint density at radius 3 is 2.65 bits per heavy atom. The van der Waals surface area contributed by atoms with Crippen molar-refractivity contribution >= 4 is 29.0 Å². The highest BCUT2D eigenvalue weighted by atomic mass is 16.6. The number of carbonyl (C=O) groups is 2. The van der Waals surface area contributed by atoms with Crippen molar-refractivity contribution in [2.24, 2.45) is 5.92 Å². The van der Waals surface area contributed by atoms with E-state index < -0.39 is 30.4 Å². The zero-order chi connectivity index (χ0) is 28.2. The van der Waals surface area contributed by atoms with Gasteiger partial charge in [-0.15, -0.1) is 0 Å². The SMILES string of the molecule is CCNC(=O)[C@H]1O[C@@H](n2cnc3c(N)nc(C#CCC4CCN(C(=O)Oc5ccccc5)CC4)nc32)[C@H](O)[C@@H]1O. The number of ether oxygens (including phenoxy) is 2. The Kier molecular flexibility index (Phi) is 8.11.